The molecule has 3 aromatic heterocycles. The van der Waals surface area contributed by atoms with Crippen LogP contribution in [0.25, 0.3) is 0 Å². The van der Waals surface area contributed by atoms with Crippen molar-refractivity contribution in [1.82, 2.24) is 19.7 Å². The van der Waals surface area contributed by atoms with Gasteiger partial charge in [-0.05, 0) is 44.2 Å². The number of nitrogens with one attached hydrogen (secondary N) is 2. The van der Waals surface area contributed by atoms with Crippen LogP contribution in [-0.4, -0.2) is 38.7 Å². The number of rotatable bonds is 6. The fourth-order valence-electron chi connectivity index (χ4n) is 4.24. The van der Waals surface area contributed by atoms with Gasteiger partial charge in [0.2, 0.25) is 5.91 Å². The second-order valence-corrected chi connectivity index (χ2v) is 8.68. The maximum atomic E-state index is 13.7. The standard InChI is InChI=1S/C23H26FN7O/c1-13-18(24)6-15(8-25-13)11-31-12-16(10-27-31)9-26-20-7-19-21(14(2)28-20)29-23(32)22(30(19)3)17-4-5-17/h6-8,10,12,17,22H,4-5,9,11H2,1-3H3,(H,26,28)(H,29,32)/t22-/m0/s1. The molecular weight excluding hydrogens is 409 g/mol. The van der Waals surface area contributed by atoms with Crippen molar-refractivity contribution in [2.24, 2.45) is 5.92 Å². The molecule has 0 bridgehead atoms. The van der Waals surface area contributed by atoms with Crippen molar-refractivity contribution in [2.45, 2.75) is 45.8 Å². The normalized spacial score (nSPS) is 17.8. The van der Waals surface area contributed by atoms with Crippen LogP contribution in [0.5, 0.6) is 0 Å². The molecule has 3 aromatic rings. The van der Waals surface area contributed by atoms with E-state index in [1.807, 2.05) is 26.2 Å². The van der Waals surface area contributed by atoms with Gasteiger partial charge in [-0.1, -0.05) is 0 Å². The van der Waals surface area contributed by atoms with E-state index in [2.05, 4.69) is 30.6 Å². The lowest BCUT2D eigenvalue weighted by molar-refractivity contribution is -0.118. The third-order valence-electron chi connectivity index (χ3n) is 6.15. The van der Waals surface area contributed by atoms with Crippen molar-refractivity contribution in [1.29, 1.82) is 0 Å². The van der Waals surface area contributed by atoms with E-state index >= 15 is 0 Å². The van der Waals surface area contributed by atoms with Crippen LogP contribution >= 0.6 is 0 Å². The number of carbonyl (C=O) groups excluding carboxylic acids is 1. The molecule has 1 saturated carbocycles. The summed E-state index contributed by atoms with van der Waals surface area (Å²) >= 11 is 0. The monoisotopic (exact) mass is 435 g/mol. The van der Waals surface area contributed by atoms with E-state index in [0.717, 1.165) is 46.9 Å². The molecule has 8 nitrogen and oxygen atoms in total. The second-order valence-electron chi connectivity index (χ2n) is 8.68. The summed E-state index contributed by atoms with van der Waals surface area (Å²) in [6.07, 6.45) is 7.57. The number of hydrogen-bond donors (Lipinski definition) is 2. The van der Waals surface area contributed by atoms with Gasteiger partial charge in [-0.15, -0.1) is 0 Å². The van der Waals surface area contributed by atoms with Gasteiger partial charge in [-0.25, -0.2) is 9.37 Å². The molecule has 0 saturated heterocycles. The molecule has 5 rings (SSSR count). The van der Waals surface area contributed by atoms with E-state index in [-0.39, 0.29) is 17.8 Å². The first-order chi connectivity index (χ1) is 15.4. The van der Waals surface area contributed by atoms with Crippen molar-refractivity contribution in [3.63, 3.8) is 0 Å². The minimum absolute atomic E-state index is 0.0594. The van der Waals surface area contributed by atoms with Crippen LogP contribution in [0.15, 0.2) is 30.7 Å². The topological polar surface area (TPSA) is 88.0 Å². The van der Waals surface area contributed by atoms with Gasteiger partial charge in [-0.3, -0.25) is 14.5 Å². The lowest BCUT2D eigenvalue weighted by Gasteiger charge is -2.36. The first-order valence-corrected chi connectivity index (χ1v) is 10.8. The van der Waals surface area contributed by atoms with Gasteiger partial charge >= 0.3 is 0 Å². The van der Waals surface area contributed by atoms with Crippen molar-refractivity contribution in [3.8, 4) is 0 Å². The smallest absolute Gasteiger partial charge is 0.247 e. The van der Waals surface area contributed by atoms with E-state index in [0.29, 0.717) is 24.7 Å². The fraction of sp³-hybridized carbons (Fsp3) is 0.391. The highest BCUT2D eigenvalue weighted by Gasteiger charge is 2.42. The summed E-state index contributed by atoms with van der Waals surface area (Å²) in [6, 6.07) is 3.37. The Morgan fingerprint density at radius 1 is 1.19 bits per heavy atom. The van der Waals surface area contributed by atoms with Gasteiger partial charge in [0, 0.05) is 37.6 Å². The molecule has 1 aliphatic heterocycles. The lowest BCUT2D eigenvalue weighted by Crippen LogP contribution is -2.47. The summed E-state index contributed by atoms with van der Waals surface area (Å²) in [6.45, 7) is 4.55. The van der Waals surface area contributed by atoms with Crippen LogP contribution in [-0.2, 0) is 17.9 Å². The molecule has 32 heavy (non-hydrogen) atoms. The maximum Gasteiger partial charge on any atom is 0.247 e. The van der Waals surface area contributed by atoms with Crippen molar-refractivity contribution in [2.75, 3.05) is 22.6 Å². The number of anilines is 3. The predicted molar refractivity (Wildman–Crippen MR) is 120 cm³/mol. The number of nitrogens with zero attached hydrogens (tertiary/aromatic N) is 5. The molecule has 1 aliphatic carbocycles. The van der Waals surface area contributed by atoms with Crippen molar-refractivity contribution in [3.05, 3.63) is 59.1 Å². The Hall–Kier alpha value is -3.49. The van der Waals surface area contributed by atoms with E-state index in [4.69, 9.17) is 0 Å². The lowest BCUT2D eigenvalue weighted by atomic mass is 10.0. The number of halogens is 1. The van der Waals surface area contributed by atoms with E-state index in [1.165, 1.54) is 6.07 Å². The molecule has 0 aromatic carbocycles. The SMILES string of the molecule is Cc1ncc(Cn2cc(CNc3cc4c(c(C)n3)NC(=O)[C@H](C3CC3)N4C)cn2)cc1F. The molecule has 166 valence electrons. The summed E-state index contributed by atoms with van der Waals surface area (Å²) in [5.41, 5.74) is 4.69. The maximum absolute atomic E-state index is 13.7. The van der Waals surface area contributed by atoms with Gasteiger partial charge in [0.25, 0.3) is 0 Å². The van der Waals surface area contributed by atoms with Crippen LogP contribution in [0.2, 0.25) is 0 Å². The molecule has 1 atom stereocenters. The van der Waals surface area contributed by atoms with Gasteiger partial charge in [0.05, 0.1) is 35.5 Å². The third-order valence-corrected chi connectivity index (χ3v) is 6.15. The minimum atomic E-state index is -0.310. The Kier molecular flexibility index (Phi) is 5.03. The highest BCUT2D eigenvalue weighted by Crippen LogP contribution is 2.42. The summed E-state index contributed by atoms with van der Waals surface area (Å²) in [4.78, 5) is 23.3. The quantitative estimate of drug-likeness (QED) is 0.618. The summed E-state index contributed by atoms with van der Waals surface area (Å²) in [5, 5.41) is 10.8. The molecule has 2 aliphatic rings. The molecular formula is C23H26FN7O. The molecule has 1 fully saturated rings. The van der Waals surface area contributed by atoms with E-state index in [9.17, 15) is 9.18 Å². The number of aryl methyl sites for hydroxylation is 2. The first kappa shape index (κ1) is 20.4. The number of hydrogen-bond acceptors (Lipinski definition) is 6. The Balaban J connectivity index is 1.28. The number of pyridine rings is 2. The molecule has 0 radical (unpaired) electrons. The van der Waals surface area contributed by atoms with Gasteiger partial charge in [0.15, 0.2) is 0 Å². The number of amides is 1. The predicted octanol–water partition coefficient (Wildman–Crippen LogP) is 3.26. The fourth-order valence-corrected chi connectivity index (χ4v) is 4.24. The number of carbonyl (C=O) groups is 1. The van der Waals surface area contributed by atoms with E-state index in [1.54, 1.807) is 24.0 Å². The highest BCUT2D eigenvalue weighted by atomic mass is 19.1. The minimum Gasteiger partial charge on any atom is -0.366 e. The molecule has 1 amide bonds. The number of likely N-dealkylation sites (N-methyl/N-ethyl adjacent to an activating group) is 1. The summed E-state index contributed by atoms with van der Waals surface area (Å²) < 4.78 is 15.5. The zero-order valence-electron chi connectivity index (χ0n) is 18.4. The average Bonchev–Trinajstić information content (AvgIpc) is 3.49. The number of aromatic nitrogens is 4. The second kappa shape index (κ2) is 7.89. The average molecular weight is 436 g/mol. The Bertz CT molecular complexity index is 1190. The van der Waals surface area contributed by atoms with Gasteiger partial charge < -0.3 is 15.5 Å². The molecule has 4 heterocycles. The summed E-state index contributed by atoms with van der Waals surface area (Å²) in [5.74, 6) is 0.928. The van der Waals surface area contributed by atoms with Crippen LogP contribution in [0.3, 0.4) is 0 Å². The third kappa shape index (κ3) is 3.90. The summed E-state index contributed by atoms with van der Waals surface area (Å²) in [7, 11) is 1.98. The molecule has 0 unspecified atom stereocenters. The van der Waals surface area contributed by atoms with Crippen LogP contribution in [0, 0.1) is 25.6 Å². The number of fused-ring (bicyclic) bond motifs is 1. The first-order valence-electron chi connectivity index (χ1n) is 10.8. The van der Waals surface area contributed by atoms with Crippen LogP contribution < -0.4 is 15.5 Å². The molecule has 2 N–H and O–H groups in total. The van der Waals surface area contributed by atoms with Crippen LogP contribution in [0.4, 0.5) is 21.6 Å². The van der Waals surface area contributed by atoms with Crippen molar-refractivity contribution < 1.29 is 9.18 Å². The van der Waals surface area contributed by atoms with Crippen molar-refractivity contribution >= 4 is 23.1 Å². The van der Waals surface area contributed by atoms with Gasteiger partial charge in [-0.2, -0.15) is 5.10 Å². The van der Waals surface area contributed by atoms with Crippen LogP contribution in [0.1, 0.15) is 35.4 Å². The zero-order chi connectivity index (χ0) is 22.4. The Morgan fingerprint density at radius 3 is 2.75 bits per heavy atom. The highest BCUT2D eigenvalue weighted by molar-refractivity contribution is 6.04. The van der Waals surface area contributed by atoms with E-state index < -0.39 is 0 Å². The molecule has 9 heteroatoms. The Labute approximate surface area is 185 Å². The van der Waals surface area contributed by atoms with Gasteiger partial charge in [0.1, 0.15) is 17.7 Å². The largest absolute Gasteiger partial charge is 0.366 e. The Morgan fingerprint density at radius 2 is 2.00 bits per heavy atom. The molecule has 0 spiro atoms. The zero-order valence-corrected chi connectivity index (χ0v) is 18.4.